The summed E-state index contributed by atoms with van der Waals surface area (Å²) in [5.41, 5.74) is 0. The van der Waals surface area contributed by atoms with Gasteiger partial charge in [0, 0.05) is 18.4 Å². The van der Waals surface area contributed by atoms with Crippen molar-refractivity contribution in [1.82, 2.24) is 5.32 Å². The van der Waals surface area contributed by atoms with Crippen LogP contribution in [-0.2, 0) is 4.79 Å². The molecule has 1 aliphatic rings. The number of hydrogen-bond acceptors (Lipinski definition) is 1. The molecule has 90 valence electrons. The van der Waals surface area contributed by atoms with Gasteiger partial charge in [0.1, 0.15) is 0 Å². The van der Waals surface area contributed by atoms with Gasteiger partial charge in [-0.3, -0.25) is 4.79 Å². The Balaban J connectivity index is 2.35. The van der Waals surface area contributed by atoms with E-state index in [1.165, 1.54) is 32.1 Å². The molecular weight excluding hydrogens is 198 g/mol. The molecule has 0 spiro atoms. The lowest BCUT2D eigenvalue weighted by atomic mass is 9.90. The zero-order valence-corrected chi connectivity index (χ0v) is 10.3. The molecule has 0 aromatic carbocycles. The number of amides is 1. The Hall–Kier alpha value is -0.970. The van der Waals surface area contributed by atoms with E-state index in [0.717, 1.165) is 12.8 Å². The fraction of sp³-hybridized carbons (Fsp3) is 0.786. The molecule has 1 amide bonds. The van der Waals surface area contributed by atoms with Crippen molar-refractivity contribution in [2.24, 2.45) is 5.92 Å². The van der Waals surface area contributed by atoms with E-state index in [-0.39, 0.29) is 17.9 Å². The quantitative estimate of drug-likeness (QED) is 0.729. The van der Waals surface area contributed by atoms with Crippen LogP contribution in [0.25, 0.3) is 0 Å². The minimum absolute atomic E-state index is 0.114. The summed E-state index contributed by atoms with van der Waals surface area (Å²) in [5, 5.41) is 3.02. The summed E-state index contributed by atoms with van der Waals surface area (Å²) >= 11 is 0. The number of nitrogens with one attached hydrogen (secondary N) is 1. The molecule has 0 radical (unpaired) electrons. The van der Waals surface area contributed by atoms with Crippen LogP contribution in [0, 0.1) is 18.3 Å². The molecule has 1 unspecified atom stereocenters. The summed E-state index contributed by atoms with van der Waals surface area (Å²) in [6.07, 6.45) is 14.2. The molecule has 1 aliphatic carbocycles. The molecule has 0 aromatic rings. The fourth-order valence-electron chi connectivity index (χ4n) is 2.31. The van der Waals surface area contributed by atoms with Gasteiger partial charge in [0.05, 0.1) is 0 Å². The maximum Gasteiger partial charge on any atom is 0.223 e. The SMILES string of the molecule is C#CCC(C)NC(=O)C1CCCCCCC1. The Morgan fingerprint density at radius 1 is 1.31 bits per heavy atom. The van der Waals surface area contributed by atoms with Crippen molar-refractivity contribution >= 4 is 5.91 Å². The van der Waals surface area contributed by atoms with Gasteiger partial charge in [-0.2, -0.15) is 0 Å². The molecule has 16 heavy (non-hydrogen) atoms. The van der Waals surface area contributed by atoms with E-state index >= 15 is 0 Å². The lowest BCUT2D eigenvalue weighted by Gasteiger charge is -2.21. The van der Waals surface area contributed by atoms with Gasteiger partial charge in [-0.05, 0) is 19.8 Å². The van der Waals surface area contributed by atoms with Crippen molar-refractivity contribution in [3.63, 3.8) is 0 Å². The van der Waals surface area contributed by atoms with Gasteiger partial charge in [0.2, 0.25) is 5.91 Å². The van der Waals surface area contributed by atoms with Crippen LogP contribution in [-0.4, -0.2) is 11.9 Å². The van der Waals surface area contributed by atoms with Crippen LogP contribution in [0.3, 0.4) is 0 Å². The van der Waals surface area contributed by atoms with Crippen molar-refractivity contribution in [2.75, 3.05) is 0 Å². The molecule has 0 saturated heterocycles. The zero-order chi connectivity index (χ0) is 11.8. The summed E-state index contributed by atoms with van der Waals surface area (Å²) in [6.45, 7) is 1.97. The molecule has 1 saturated carbocycles. The van der Waals surface area contributed by atoms with E-state index in [1.807, 2.05) is 6.92 Å². The smallest absolute Gasteiger partial charge is 0.223 e. The normalized spacial score (nSPS) is 20.2. The van der Waals surface area contributed by atoms with Crippen LogP contribution in [0.2, 0.25) is 0 Å². The zero-order valence-electron chi connectivity index (χ0n) is 10.3. The van der Waals surface area contributed by atoms with Crippen molar-refractivity contribution in [3.8, 4) is 12.3 Å². The minimum atomic E-state index is 0.114. The van der Waals surface area contributed by atoms with Gasteiger partial charge in [-0.15, -0.1) is 12.3 Å². The highest BCUT2D eigenvalue weighted by Crippen LogP contribution is 2.22. The Bertz CT molecular complexity index is 246. The van der Waals surface area contributed by atoms with E-state index in [0.29, 0.717) is 6.42 Å². The van der Waals surface area contributed by atoms with E-state index in [4.69, 9.17) is 6.42 Å². The number of carbonyl (C=O) groups excluding carboxylic acids is 1. The molecule has 2 nitrogen and oxygen atoms in total. The minimum Gasteiger partial charge on any atom is -0.352 e. The Labute approximate surface area is 99.2 Å². The van der Waals surface area contributed by atoms with Gasteiger partial charge in [-0.1, -0.05) is 32.1 Å². The van der Waals surface area contributed by atoms with Crippen LogP contribution in [0.5, 0.6) is 0 Å². The number of hydrogen-bond donors (Lipinski definition) is 1. The molecule has 1 rings (SSSR count). The lowest BCUT2D eigenvalue weighted by Crippen LogP contribution is -2.37. The summed E-state index contributed by atoms with van der Waals surface area (Å²) in [4.78, 5) is 12.0. The second-order valence-corrected chi connectivity index (χ2v) is 4.86. The van der Waals surface area contributed by atoms with Gasteiger partial charge >= 0.3 is 0 Å². The second-order valence-electron chi connectivity index (χ2n) is 4.86. The Kier molecular flexibility index (Phi) is 6.00. The highest BCUT2D eigenvalue weighted by molar-refractivity contribution is 5.78. The summed E-state index contributed by atoms with van der Waals surface area (Å²) in [7, 11) is 0. The summed E-state index contributed by atoms with van der Waals surface area (Å²) in [6, 6.07) is 0.114. The molecule has 0 aromatic heterocycles. The first-order valence-corrected chi connectivity index (χ1v) is 6.48. The second kappa shape index (κ2) is 7.33. The van der Waals surface area contributed by atoms with E-state index < -0.39 is 0 Å². The first-order valence-electron chi connectivity index (χ1n) is 6.48. The maximum atomic E-state index is 12.0. The molecule has 1 N–H and O–H groups in total. The van der Waals surface area contributed by atoms with Crippen LogP contribution in [0.15, 0.2) is 0 Å². The Morgan fingerprint density at radius 3 is 2.44 bits per heavy atom. The van der Waals surface area contributed by atoms with Crippen molar-refractivity contribution in [3.05, 3.63) is 0 Å². The predicted octanol–water partition coefficient (Wildman–Crippen LogP) is 2.87. The average molecular weight is 221 g/mol. The highest BCUT2D eigenvalue weighted by atomic mass is 16.1. The van der Waals surface area contributed by atoms with Crippen LogP contribution >= 0.6 is 0 Å². The molecule has 0 aliphatic heterocycles. The molecule has 2 heteroatoms. The number of carbonyl (C=O) groups is 1. The third kappa shape index (κ3) is 4.70. The lowest BCUT2D eigenvalue weighted by molar-refractivity contribution is -0.126. The molecule has 0 bridgehead atoms. The molecule has 0 heterocycles. The van der Waals surface area contributed by atoms with E-state index in [2.05, 4.69) is 11.2 Å². The molecular formula is C14H23NO. The molecule has 1 atom stereocenters. The van der Waals surface area contributed by atoms with Crippen molar-refractivity contribution < 1.29 is 4.79 Å². The number of rotatable bonds is 3. The van der Waals surface area contributed by atoms with Crippen LogP contribution in [0.1, 0.15) is 58.3 Å². The highest BCUT2D eigenvalue weighted by Gasteiger charge is 2.20. The van der Waals surface area contributed by atoms with Crippen molar-refractivity contribution in [1.29, 1.82) is 0 Å². The van der Waals surface area contributed by atoms with E-state index in [9.17, 15) is 4.79 Å². The predicted molar refractivity (Wildman–Crippen MR) is 66.9 cm³/mol. The first kappa shape index (κ1) is 13.1. The standard InChI is InChI=1S/C14H23NO/c1-3-9-12(2)15-14(16)13-10-7-5-4-6-8-11-13/h1,12-13H,4-11H2,2H3,(H,15,16). The largest absolute Gasteiger partial charge is 0.352 e. The summed E-state index contributed by atoms with van der Waals surface area (Å²) < 4.78 is 0. The molecule has 1 fully saturated rings. The van der Waals surface area contributed by atoms with Gasteiger partial charge in [0.25, 0.3) is 0 Å². The summed E-state index contributed by atoms with van der Waals surface area (Å²) in [5.74, 6) is 3.02. The third-order valence-electron chi connectivity index (χ3n) is 3.29. The maximum absolute atomic E-state index is 12.0. The van der Waals surface area contributed by atoms with Crippen LogP contribution < -0.4 is 5.32 Å². The van der Waals surface area contributed by atoms with Gasteiger partial charge in [-0.25, -0.2) is 0 Å². The topological polar surface area (TPSA) is 29.1 Å². The van der Waals surface area contributed by atoms with E-state index in [1.54, 1.807) is 0 Å². The van der Waals surface area contributed by atoms with Gasteiger partial charge in [0.15, 0.2) is 0 Å². The van der Waals surface area contributed by atoms with Crippen molar-refractivity contribution in [2.45, 2.75) is 64.3 Å². The first-order chi connectivity index (χ1) is 7.74. The average Bonchev–Trinajstić information content (AvgIpc) is 2.16. The third-order valence-corrected chi connectivity index (χ3v) is 3.29. The fourth-order valence-corrected chi connectivity index (χ4v) is 2.31. The van der Waals surface area contributed by atoms with Crippen LogP contribution in [0.4, 0.5) is 0 Å². The monoisotopic (exact) mass is 221 g/mol. The Morgan fingerprint density at radius 2 is 1.88 bits per heavy atom. The van der Waals surface area contributed by atoms with Gasteiger partial charge < -0.3 is 5.32 Å². The number of terminal acetylenes is 1.